The number of likely N-dealkylation sites (tertiary alicyclic amines) is 1. The monoisotopic (exact) mass is 267 g/mol. The molecule has 1 amide bonds. The minimum Gasteiger partial charge on any atom is -0.343 e. The molecule has 0 atom stereocenters. The molecule has 0 unspecified atom stereocenters. The highest BCUT2D eigenvalue weighted by Gasteiger charge is 2.25. The highest BCUT2D eigenvalue weighted by Crippen LogP contribution is 2.19. The molecule has 0 aromatic heterocycles. The smallest absolute Gasteiger partial charge is 0.219 e. The Morgan fingerprint density at radius 3 is 2.11 bits per heavy atom. The number of piperidine rings is 1. The van der Waals surface area contributed by atoms with Crippen LogP contribution in [0.1, 0.15) is 33.6 Å². The summed E-state index contributed by atoms with van der Waals surface area (Å²) in [5.74, 6) is 1.03. The molecule has 2 saturated heterocycles. The van der Waals surface area contributed by atoms with Gasteiger partial charge in [-0.05, 0) is 32.6 Å². The van der Waals surface area contributed by atoms with Crippen LogP contribution >= 0.6 is 0 Å². The summed E-state index contributed by atoms with van der Waals surface area (Å²) in [6, 6.07) is 0.681. The molecule has 0 spiro atoms. The summed E-state index contributed by atoms with van der Waals surface area (Å²) in [6.45, 7) is 14.3. The Labute approximate surface area is 117 Å². The lowest BCUT2D eigenvalue weighted by atomic mass is 9.96. The van der Waals surface area contributed by atoms with Crippen molar-refractivity contribution >= 4 is 5.91 Å². The second kappa shape index (κ2) is 6.71. The van der Waals surface area contributed by atoms with Gasteiger partial charge in [0.05, 0.1) is 0 Å². The van der Waals surface area contributed by atoms with Crippen molar-refractivity contribution in [1.29, 1.82) is 0 Å². The summed E-state index contributed by atoms with van der Waals surface area (Å²) in [5, 5.41) is 0. The highest BCUT2D eigenvalue weighted by molar-refractivity contribution is 5.73. The first-order valence-electron chi connectivity index (χ1n) is 7.78. The molecule has 2 rings (SSSR count). The molecule has 0 aromatic carbocycles. The molecule has 2 fully saturated rings. The average Bonchev–Trinajstić information content (AvgIpc) is 2.40. The lowest BCUT2D eigenvalue weighted by Gasteiger charge is -2.40. The third-order valence-electron chi connectivity index (χ3n) is 4.71. The van der Waals surface area contributed by atoms with E-state index in [-0.39, 0.29) is 5.91 Å². The molecule has 110 valence electrons. The van der Waals surface area contributed by atoms with Gasteiger partial charge in [-0.1, -0.05) is 0 Å². The maximum atomic E-state index is 11.3. The summed E-state index contributed by atoms with van der Waals surface area (Å²) in [4.78, 5) is 18.5. The van der Waals surface area contributed by atoms with Crippen LogP contribution in [0.5, 0.6) is 0 Å². The van der Waals surface area contributed by atoms with E-state index in [9.17, 15) is 4.79 Å². The molecular formula is C15H29N3O. The van der Waals surface area contributed by atoms with Crippen molar-refractivity contribution in [2.45, 2.75) is 39.7 Å². The maximum Gasteiger partial charge on any atom is 0.219 e. The first kappa shape index (κ1) is 14.8. The summed E-state index contributed by atoms with van der Waals surface area (Å²) in [6.07, 6.45) is 2.37. The van der Waals surface area contributed by atoms with Gasteiger partial charge < -0.3 is 9.80 Å². The molecule has 0 bridgehead atoms. The Bertz CT molecular complexity index is 290. The largest absolute Gasteiger partial charge is 0.343 e. The van der Waals surface area contributed by atoms with Gasteiger partial charge in [-0.15, -0.1) is 0 Å². The van der Waals surface area contributed by atoms with E-state index < -0.39 is 0 Å². The van der Waals surface area contributed by atoms with E-state index in [4.69, 9.17) is 0 Å². The molecule has 4 nitrogen and oxygen atoms in total. The van der Waals surface area contributed by atoms with Gasteiger partial charge in [-0.2, -0.15) is 0 Å². The molecule has 4 heteroatoms. The van der Waals surface area contributed by atoms with E-state index in [2.05, 4.69) is 23.6 Å². The molecule has 0 N–H and O–H groups in total. The van der Waals surface area contributed by atoms with Crippen molar-refractivity contribution < 1.29 is 4.79 Å². The van der Waals surface area contributed by atoms with Gasteiger partial charge in [-0.25, -0.2) is 0 Å². The SMILES string of the molecule is CC(=O)N1CCC(CN2CCN(C(C)C)CC2)CC1. The Morgan fingerprint density at radius 2 is 1.63 bits per heavy atom. The quantitative estimate of drug-likeness (QED) is 0.770. The fourth-order valence-electron chi connectivity index (χ4n) is 3.26. The zero-order valence-electron chi connectivity index (χ0n) is 12.8. The highest BCUT2D eigenvalue weighted by atomic mass is 16.2. The van der Waals surface area contributed by atoms with Crippen LogP contribution in [0.3, 0.4) is 0 Å². The van der Waals surface area contributed by atoms with Crippen molar-refractivity contribution in [2.24, 2.45) is 5.92 Å². The predicted octanol–water partition coefficient (Wildman–Crippen LogP) is 1.27. The Hall–Kier alpha value is -0.610. The Morgan fingerprint density at radius 1 is 1.05 bits per heavy atom. The number of carbonyl (C=O) groups excluding carboxylic acids is 1. The maximum absolute atomic E-state index is 11.3. The lowest BCUT2D eigenvalue weighted by molar-refractivity contribution is -0.130. The van der Waals surface area contributed by atoms with Crippen LogP contribution < -0.4 is 0 Å². The average molecular weight is 267 g/mol. The van der Waals surface area contributed by atoms with Crippen molar-refractivity contribution in [3.8, 4) is 0 Å². The van der Waals surface area contributed by atoms with Crippen LogP contribution in [0.25, 0.3) is 0 Å². The molecular weight excluding hydrogens is 238 g/mol. The predicted molar refractivity (Wildman–Crippen MR) is 78.1 cm³/mol. The zero-order chi connectivity index (χ0) is 13.8. The zero-order valence-corrected chi connectivity index (χ0v) is 12.8. The molecule has 2 aliphatic heterocycles. The van der Waals surface area contributed by atoms with Gasteiger partial charge in [0.1, 0.15) is 0 Å². The van der Waals surface area contributed by atoms with Crippen LogP contribution in [0, 0.1) is 5.92 Å². The summed E-state index contributed by atoms with van der Waals surface area (Å²) < 4.78 is 0. The van der Waals surface area contributed by atoms with E-state index >= 15 is 0 Å². The molecule has 19 heavy (non-hydrogen) atoms. The van der Waals surface area contributed by atoms with Crippen LogP contribution in [0.2, 0.25) is 0 Å². The number of hydrogen-bond donors (Lipinski definition) is 0. The first-order chi connectivity index (χ1) is 9.06. The number of rotatable bonds is 3. The molecule has 2 heterocycles. The minimum absolute atomic E-state index is 0.240. The van der Waals surface area contributed by atoms with Crippen LogP contribution in [0.4, 0.5) is 0 Å². The van der Waals surface area contributed by atoms with E-state index in [0.29, 0.717) is 6.04 Å². The third kappa shape index (κ3) is 4.18. The van der Waals surface area contributed by atoms with Crippen molar-refractivity contribution in [3.63, 3.8) is 0 Å². The van der Waals surface area contributed by atoms with Crippen molar-refractivity contribution in [3.05, 3.63) is 0 Å². The van der Waals surface area contributed by atoms with Crippen molar-refractivity contribution in [1.82, 2.24) is 14.7 Å². The van der Waals surface area contributed by atoms with Crippen LogP contribution in [-0.2, 0) is 4.79 Å². The van der Waals surface area contributed by atoms with E-state index in [0.717, 1.165) is 19.0 Å². The fourth-order valence-corrected chi connectivity index (χ4v) is 3.26. The number of amides is 1. The van der Waals surface area contributed by atoms with E-state index in [1.165, 1.54) is 45.6 Å². The number of nitrogens with zero attached hydrogens (tertiary/aromatic N) is 3. The molecule has 0 aliphatic carbocycles. The molecule has 0 saturated carbocycles. The summed E-state index contributed by atoms with van der Waals surface area (Å²) in [7, 11) is 0. The third-order valence-corrected chi connectivity index (χ3v) is 4.71. The number of carbonyl (C=O) groups is 1. The van der Waals surface area contributed by atoms with Crippen LogP contribution in [-0.4, -0.2) is 72.5 Å². The van der Waals surface area contributed by atoms with Gasteiger partial charge in [0, 0.05) is 58.8 Å². The van der Waals surface area contributed by atoms with Crippen molar-refractivity contribution in [2.75, 3.05) is 45.8 Å². The normalized spacial score (nSPS) is 24.1. The first-order valence-corrected chi connectivity index (χ1v) is 7.78. The molecule has 2 aliphatic rings. The van der Waals surface area contributed by atoms with Crippen LogP contribution in [0.15, 0.2) is 0 Å². The molecule has 0 aromatic rings. The molecule has 0 radical (unpaired) electrons. The van der Waals surface area contributed by atoms with Gasteiger partial charge in [0.25, 0.3) is 0 Å². The Kier molecular flexibility index (Phi) is 5.22. The van der Waals surface area contributed by atoms with Gasteiger partial charge in [-0.3, -0.25) is 9.69 Å². The van der Waals surface area contributed by atoms with Gasteiger partial charge in [0.2, 0.25) is 5.91 Å². The standard InChI is InChI=1S/C15H29N3O/c1-13(2)17-10-8-16(9-11-17)12-15-4-6-18(7-5-15)14(3)19/h13,15H,4-12H2,1-3H3. The second-order valence-electron chi connectivity index (χ2n) is 6.38. The number of hydrogen-bond acceptors (Lipinski definition) is 3. The van der Waals surface area contributed by atoms with E-state index in [1.54, 1.807) is 6.92 Å². The fraction of sp³-hybridized carbons (Fsp3) is 0.933. The lowest BCUT2D eigenvalue weighted by Crippen LogP contribution is -2.50. The summed E-state index contributed by atoms with van der Waals surface area (Å²) >= 11 is 0. The minimum atomic E-state index is 0.240. The van der Waals surface area contributed by atoms with Gasteiger partial charge >= 0.3 is 0 Å². The van der Waals surface area contributed by atoms with E-state index in [1.807, 2.05) is 4.90 Å². The summed E-state index contributed by atoms with van der Waals surface area (Å²) in [5.41, 5.74) is 0. The second-order valence-corrected chi connectivity index (χ2v) is 6.38. The number of piperazine rings is 1. The Balaban J connectivity index is 1.68. The van der Waals surface area contributed by atoms with Gasteiger partial charge in [0.15, 0.2) is 0 Å². The topological polar surface area (TPSA) is 26.8 Å².